The summed E-state index contributed by atoms with van der Waals surface area (Å²) in [6.07, 6.45) is 6.39. The van der Waals surface area contributed by atoms with E-state index in [2.05, 4.69) is 41.0 Å². The van der Waals surface area contributed by atoms with Crippen molar-refractivity contribution in [3.8, 4) is 11.8 Å². The number of nitrogens with zero attached hydrogens (tertiary/aromatic N) is 2. The lowest BCUT2D eigenvalue weighted by atomic mass is 10.1. The number of carbonyl (C=O) groups is 1. The van der Waals surface area contributed by atoms with Crippen molar-refractivity contribution in [1.29, 1.82) is 0 Å². The molecule has 1 N–H and O–H groups in total. The second-order valence-electron chi connectivity index (χ2n) is 7.07. The molecule has 4 nitrogen and oxygen atoms in total. The third kappa shape index (κ3) is 7.06. The van der Waals surface area contributed by atoms with Crippen LogP contribution in [0.3, 0.4) is 0 Å². The molecule has 0 aliphatic heterocycles. The highest BCUT2D eigenvalue weighted by Crippen LogP contribution is 2.07. The van der Waals surface area contributed by atoms with Gasteiger partial charge in [0.25, 0.3) is 0 Å². The smallest absolute Gasteiger partial charge is 0.217 e. The van der Waals surface area contributed by atoms with E-state index in [0.717, 1.165) is 36.2 Å². The summed E-state index contributed by atoms with van der Waals surface area (Å²) in [6, 6.07) is 8.22. The fraction of sp³-hybridized carbons (Fsp3) is 0.409. The van der Waals surface area contributed by atoms with Crippen LogP contribution >= 0.6 is 0 Å². The van der Waals surface area contributed by atoms with Gasteiger partial charge in [-0.25, -0.2) is 9.97 Å². The normalized spacial score (nSPS) is 11.6. The molecule has 1 heterocycles. The average Bonchev–Trinajstić information content (AvgIpc) is 2.59. The second-order valence-corrected chi connectivity index (χ2v) is 7.07. The Morgan fingerprint density at radius 2 is 1.65 bits per heavy atom. The lowest BCUT2D eigenvalue weighted by molar-refractivity contribution is -0.119. The first-order valence-corrected chi connectivity index (χ1v) is 9.11. The van der Waals surface area contributed by atoms with Crippen LogP contribution < -0.4 is 5.32 Å². The maximum atomic E-state index is 11.1. The number of benzene rings is 1. The largest absolute Gasteiger partial charge is 0.354 e. The molecular weight excluding hydrogens is 322 g/mol. The summed E-state index contributed by atoms with van der Waals surface area (Å²) in [7, 11) is 0. The monoisotopic (exact) mass is 349 g/mol. The van der Waals surface area contributed by atoms with Crippen molar-refractivity contribution in [2.45, 2.75) is 53.0 Å². The van der Waals surface area contributed by atoms with Gasteiger partial charge in [-0.2, -0.15) is 0 Å². The van der Waals surface area contributed by atoms with Crippen molar-refractivity contribution in [2.75, 3.05) is 0 Å². The molecule has 0 aliphatic carbocycles. The second kappa shape index (κ2) is 9.72. The topological polar surface area (TPSA) is 54.9 Å². The lowest BCUT2D eigenvalue weighted by Crippen LogP contribution is -2.31. The average molecular weight is 349 g/mol. The van der Waals surface area contributed by atoms with Gasteiger partial charge in [-0.15, -0.1) is 0 Å². The minimum atomic E-state index is -0.00238. The zero-order chi connectivity index (χ0) is 18.9. The van der Waals surface area contributed by atoms with Crippen molar-refractivity contribution >= 4 is 5.91 Å². The Labute approximate surface area is 156 Å². The summed E-state index contributed by atoms with van der Waals surface area (Å²) in [6.45, 7) is 7.94. The lowest BCUT2D eigenvalue weighted by Gasteiger charge is -2.12. The summed E-state index contributed by atoms with van der Waals surface area (Å²) in [5.74, 6) is 7.78. The minimum Gasteiger partial charge on any atom is -0.354 e. The van der Waals surface area contributed by atoms with Crippen molar-refractivity contribution in [2.24, 2.45) is 5.92 Å². The molecule has 1 aromatic carbocycles. The van der Waals surface area contributed by atoms with Crippen LogP contribution in [0.25, 0.3) is 0 Å². The van der Waals surface area contributed by atoms with Gasteiger partial charge in [-0.3, -0.25) is 4.79 Å². The van der Waals surface area contributed by atoms with Crippen LogP contribution in [-0.2, 0) is 17.6 Å². The van der Waals surface area contributed by atoms with E-state index in [1.54, 1.807) is 12.4 Å². The van der Waals surface area contributed by atoms with Crippen LogP contribution in [0.2, 0.25) is 0 Å². The van der Waals surface area contributed by atoms with Crippen LogP contribution in [0.15, 0.2) is 36.7 Å². The van der Waals surface area contributed by atoms with Crippen molar-refractivity contribution < 1.29 is 4.79 Å². The Kier molecular flexibility index (Phi) is 7.35. The van der Waals surface area contributed by atoms with Gasteiger partial charge in [0.2, 0.25) is 5.91 Å². The Hall–Kier alpha value is -2.67. The summed E-state index contributed by atoms with van der Waals surface area (Å²) in [4.78, 5) is 19.8. The molecule has 0 radical (unpaired) electrons. The number of rotatable bonds is 6. The highest BCUT2D eigenvalue weighted by molar-refractivity contribution is 5.73. The number of hydrogen-bond acceptors (Lipinski definition) is 3. The summed E-state index contributed by atoms with van der Waals surface area (Å²) < 4.78 is 0. The zero-order valence-corrected chi connectivity index (χ0v) is 16.0. The predicted octanol–water partition coefficient (Wildman–Crippen LogP) is 3.53. The van der Waals surface area contributed by atoms with Gasteiger partial charge in [-0.1, -0.05) is 37.8 Å². The zero-order valence-electron chi connectivity index (χ0n) is 16.0. The number of aromatic nitrogens is 2. The molecule has 1 amide bonds. The van der Waals surface area contributed by atoms with E-state index < -0.39 is 0 Å². The molecule has 0 fully saturated rings. The highest BCUT2D eigenvalue weighted by Gasteiger charge is 2.04. The molecule has 1 aromatic heterocycles. The quantitative estimate of drug-likeness (QED) is 0.812. The van der Waals surface area contributed by atoms with Gasteiger partial charge in [0.1, 0.15) is 5.82 Å². The van der Waals surface area contributed by atoms with Crippen LogP contribution in [0.5, 0.6) is 0 Å². The van der Waals surface area contributed by atoms with Gasteiger partial charge in [0, 0.05) is 37.3 Å². The molecule has 2 rings (SSSR count). The van der Waals surface area contributed by atoms with Crippen LogP contribution in [-0.4, -0.2) is 21.9 Å². The standard InChI is InChI=1S/C22H27N3O/c1-16(2)5-12-22-23-14-21(15-24-22)11-8-19-6-9-20(10-7-19)13-17(3)25-18(4)26/h6-7,9-10,14-17H,5,12-13H2,1-4H3,(H,25,26). The number of hydrogen-bond donors (Lipinski definition) is 1. The molecule has 2 aromatic rings. The minimum absolute atomic E-state index is 0.00238. The Morgan fingerprint density at radius 1 is 1.04 bits per heavy atom. The van der Waals surface area contributed by atoms with E-state index >= 15 is 0 Å². The van der Waals surface area contributed by atoms with Gasteiger partial charge < -0.3 is 5.32 Å². The van der Waals surface area contributed by atoms with Gasteiger partial charge in [0.05, 0.1) is 5.56 Å². The van der Waals surface area contributed by atoms with Crippen LogP contribution in [0, 0.1) is 17.8 Å². The highest BCUT2D eigenvalue weighted by atomic mass is 16.1. The molecule has 0 aliphatic rings. The van der Waals surface area contributed by atoms with E-state index in [4.69, 9.17) is 0 Å². The van der Waals surface area contributed by atoms with E-state index in [1.165, 1.54) is 12.5 Å². The molecule has 0 bridgehead atoms. The summed E-state index contributed by atoms with van der Waals surface area (Å²) >= 11 is 0. The summed E-state index contributed by atoms with van der Waals surface area (Å²) in [5.41, 5.74) is 2.95. The van der Waals surface area contributed by atoms with E-state index in [0.29, 0.717) is 5.92 Å². The predicted molar refractivity (Wildman–Crippen MR) is 105 cm³/mol. The molecule has 1 unspecified atom stereocenters. The molecule has 0 saturated heterocycles. The van der Waals surface area contributed by atoms with Gasteiger partial charge in [0.15, 0.2) is 0 Å². The molecular formula is C22H27N3O. The van der Waals surface area contributed by atoms with E-state index in [9.17, 15) is 4.79 Å². The molecule has 26 heavy (non-hydrogen) atoms. The molecule has 1 atom stereocenters. The first kappa shape index (κ1) is 19.7. The molecule has 136 valence electrons. The van der Waals surface area contributed by atoms with E-state index in [-0.39, 0.29) is 11.9 Å². The Morgan fingerprint density at radius 3 is 2.23 bits per heavy atom. The van der Waals surface area contributed by atoms with Crippen LogP contribution in [0.1, 0.15) is 56.6 Å². The SMILES string of the molecule is CC(=O)NC(C)Cc1ccc(C#Cc2cnc(CCC(C)C)nc2)cc1. The first-order chi connectivity index (χ1) is 12.4. The maximum absolute atomic E-state index is 11.1. The van der Waals surface area contributed by atoms with E-state index in [1.807, 2.05) is 31.2 Å². The fourth-order valence-electron chi connectivity index (χ4n) is 2.59. The number of aryl methyl sites for hydroxylation is 1. The Bertz CT molecular complexity index is 768. The van der Waals surface area contributed by atoms with Gasteiger partial charge in [-0.05, 0) is 43.4 Å². The molecule has 0 saturated carbocycles. The van der Waals surface area contributed by atoms with Crippen molar-refractivity contribution in [1.82, 2.24) is 15.3 Å². The molecule has 4 heteroatoms. The number of nitrogens with one attached hydrogen (secondary N) is 1. The third-order valence-corrected chi connectivity index (χ3v) is 3.95. The van der Waals surface area contributed by atoms with Crippen molar-refractivity contribution in [3.05, 3.63) is 59.2 Å². The van der Waals surface area contributed by atoms with Crippen LogP contribution in [0.4, 0.5) is 0 Å². The third-order valence-electron chi connectivity index (χ3n) is 3.95. The molecule has 0 spiro atoms. The number of amides is 1. The first-order valence-electron chi connectivity index (χ1n) is 9.11. The summed E-state index contributed by atoms with van der Waals surface area (Å²) in [5, 5.41) is 2.89. The van der Waals surface area contributed by atoms with Gasteiger partial charge >= 0.3 is 0 Å². The Balaban J connectivity index is 1.94. The maximum Gasteiger partial charge on any atom is 0.217 e. The number of carbonyl (C=O) groups excluding carboxylic acids is 1. The van der Waals surface area contributed by atoms with Crippen molar-refractivity contribution in [3.63, 3.8) is 0 Å². The fourth-order valence-corrected chi connectivity index (χ4v) is 2.59.